The topological polar surface area (TPSA) is 111 Å². The summed E-state index contributed by atoms with van der Waals surface area (Å²) in [5.74, 6) is 2.97. The maximum absolute atomic E-state index is 15.2. The number of benzene rings is 10. The molecule has 0 radical (unpaired) electrons. The zero-order valence-corrected chi connectivity index (χ0v) is 42.3. The molecule has 0 aliphatic rings. The molecule has 0 aliphatic heterocycles. The standard InChI is InChI=1S/C68H40F3N9/c69-68(70,71)55-30-16-13-27-49(55)48-39-60(79-56-31-17-14-28-50(56)52-37-46(33-35-58(52)79)66-75-62(42-19-5-1-6-20-42)73-63(76-66)43-21-7-2-8-22-43)54(41-72)61(40-48)80-57-32-18-15-29-51(57)53-38-47(34-36-59(53)80)67-77-64(44-23-9-3-10-24-44)74-65(78-67)45-25-11-4-12-26-45/h1-40H. The van der Waals surface area contributed by atoms with Gasteiger partial charge in [-0.05, 0) is 77.9 Å². The zero-order valence-electron chi connectivity index (χ0n) is 42.3. The minimum absolute atomic E-state index is 0.0327. The van der Waals surface area contributed by atoms with Crippen LogP contribution in [0.5, 0.6) is 0 Å². The first-order valence-electron chi connectivity index (χ1n) is 25.8. The Morgan fingerprint density at radius 1 is 0.312 bits per heavy atom. The number of aromatic nitrogens is 8. The van der Waals surface area contributed by atoms with E-state index in [-0.39, 0.29) is 16.7 Å². The molecule has 0 aliphatic carbocycles. The van der Waals surface area contributed by atoms with Gasteiger partial charge in [0, 0.05) is 54.9 Å². The van der Waals surface area contributed by atoms with Crippen molar-refractivity contribution >= 4 is 43.6 Å². The van der Waals surface area contributed by atoms with Crippen LogP contribution in [0.3, 0.4) is 0 Å². The first-order chi connectivity index (χ1) is 39.3. The Bertz CT molecular complexity index is 4380. The van der Waals surface area contributed by atoms with Crippen molar-refractivity contribution in [1.82, 2.24) is 39.0 Å². The fourth-order valence-electron chi connectivity index (χ4n) is 10.8. The summed E-state index contributed by atoms with van der Waals surface area (Å²) >= 11 is 0. The predicted octanol–water partition coefficient (Wildman–Crippen LogP) is 16.8. The molecule has 4 aromatic heterocycles. The summed E-state index contributed by atoms with van der Waals surface area (Å²) in [4.78, 5) is 29.9. The van der Waals surface area contributed by atoms with Crippen molar-refractivity contribution in [1.29, 1.82) is 5.26 Å². The molecule has 14 rings (SSSR count). The number of nitrogens with zero attached hydrogens (tertiary/aromatic N) is 9. The Balaban J connectivity index is 1.00. The van der Waals surface area contributed by atoms with E-state index < -0.39 is 11.7 Å². The molecule has 378 valence electrons. The molecule has 4 heterocycles. The minimum atomic E-state index is -4.69. The molecular formula is C68H40F3N9. The van der Waals surface area contributed by atoms with Crippen LogP contribution in [0.15, 0.2) is 243 Å². The van der Waals surface area contributed by atoms with Gasteiger partial charge in [-0.25, -0.2) is 29.9 Å². The highest BCUT2D eigenvalue weighted by atomic mass is 19.4. The van der Waals surface area contributed by atoms with Gasteiger partial charge in [-0.3, -0.25) is 0 Å². The van der Waals surface area contributed by atoms with Gasteiger partial charge in [0.15, 0.2) is 34.9 Å². The average Bonchev–Trinajstić information content (AvgIpc) is 4.01. The van der Waals surface area contributed by atoms with Crippen molar-refractivity contribution in [2.45, 2.75) is 6.18 Å². The second-order valence-corrected chi connectivity index (χ2v) is 19.3. The highest BCUT2D eigenvalue weighted by Gasteiger charge is 2.34. The van der Waals surface area contributed by atoms with Gasteiger partial charge in [0.2, 0.25) is 0 Å². The first-order valence-corrected chi connectivity index (χ1v) is 25.8. The highest BCUT2D eigenvalue weighted by Crippen LogP contribution is 2.44. The number of hydrogen-bond donors (Lipinski definition) is 0. The van der Waals surface area contributed by atoms with E-state index in [1.807, 2.05) is 215 Å². The minimum Gasteiger partial charge on any atom is -0.308 e. The first kappa shape index (κ1) is 47.5. The third-order valence-corrected chi connectivity index (χ3v) is 14.5. The zero-order chi connectivity index (χ0) is 53.9. The van der Waals surface area contributed by atoms with Crippen molar-refractivity contribution in [2.24, 2.45) is 0 Å². The van der Waals surface area contributed by atoms with Crippen molar-refractivity contribution in [3.05, 3.63) is 254 Å². The number of nitriles is 1. The number of halogens is 3. The molecule has 0 spiro atoms. The quantitative estimate of drug-likeness (QED) is 0.142. The molecule has 12 heteroatoms. The molecule has 0 amide bonds. The molecule has 0 bridgehead atoms. The SMILES string of the molecule is N#Cc1c(-n2c3ccccc3c3cc(-c4nc(-c5ccccc5)nc(-c5ccccc5)n4)ccc32)cc(-c2ccccc2C(F)(F)F)cc1-n1c2ccccc2c2cc(-c3nc(-c4ccccc4)nc(-c4ccccc4)n3)ccc21. The van der Waals surface area contributed by atoms with E-state index >= 15 is 13.2 Å². The van der Waals surface area contributed by atoms with Gasteiger partial charge < -0.3 is 9.13 Å². The van der Waals surface area contributed by atoms with Crippen LogP contribution in [0.25, 0.3) is 134 Å². The molecule has 80 heavy (non-hydrogen) atoms. The van der Waals surface area contributed by atoms with Crippen LogP contribution in [0.4, 0.5) is 13.2 Å². The van der Waals surface area contributed by atoms with Gasteiger partial charge in [0.1, 0.15) is 11.6 Å². The molecule has 0 atom stereocenters. The van der Waals surface area contributed by atoms with Gasteiger partial charge in [0.25, 0.3) is 0 Å². The third-order valence-electron chi connectivity index (χ3n) is 14.5. The van der Waals surface area contributed by atoms with Crippen LogP contribution in [-0.2, 0) is 6.18 Å². The number of hydrogen-bond acceptors (Lipinski definition) is 7. The molecule has 14 aromatic rings. The molecule has 10 aromatic carbocycles. The maximum atomic E-state index is 15.2. The summed E-state index contributed by atoms with van der Waals surface area (Å²) in [5, 5.41) is 15.0. The normalized spacial score (nSPS) is 11.7. The maximum Gasteiger partial charge on any atom is 0.417 e. The van der Waals surface area contributed by atoms with Crippen LogP contribution >= 0.6 is 0 Å². The number of fused-ring (bicyclic) bond motifs is 6. The molecule has 0 saturated carbocycles. The average molecular weight is 1040 g/mol. The van der Waals surface area contributed by atoms with Crippen LogP contribution in [-0.4, -0.2) is 39.0 Å². The van der Waals surface area contributed by atoms with E-state index in [4.69, 9.17) is 29.9 Å². The second-order valence-electron chi connectivity index (χ2n) is 19.3. The van der Waals surface area contributed by atoms with Crippen LogP contribution in [0, 0.1) is 11.3 Å². The lowest BCUT2D eigenvalue weighted by Gasteiger charge is -2.20. The van der Waals surface area contributed by atoms with E-state index in [0.29, 0.717) is 57.4 Å². The van der Waals surface area contributed by atoms with Crippen molar-refractivity contribution < 1.29 is 13.2 Å². The lowest BCUT2D eigenvalue weighted by Crippen LogP contribution is -2.09. The molecule has 9 nitrogen and oxygen atoms in total. The predicted molar refractivity (Wildman–Crippen MR) is 310 cm³/mol. The second kappa shape index (κ2) is 19.3. The summed E-state index contributed by atoms with van der Waals surface area (Å²) in [5.41, 5.74) is 8.15. The fraction of sp³-hybridized carbons (Fsp3) is 0.0147. The molecule has 0 saturated heterocycles. The Labute approximate surface area is 455 Å². The summed E-state index contributed by atoms with van der Waals surface area (Å²) in [6.07, 6.45) is -4.69. The summed E-state index contributed by atoms with van der Waals surface area (Å²) < 4.78 is 49.6. The Hall–Kier alpha value is -10.9. The van der Waals surface area contributed by atoms with Crippen molar-refractivity contribution in [3.63, 3.8) is 0 Å². The summed E-state index contributed by atoms with van der Waals surface area (Å²) in [6, 6.07) is 78.1. The van der Waals surface area contributed by atoms with Gasteiger partial charge >= 0.3 is 6.18 Å². The van der Waals surface area contributed by atoms with Gasteiger partial charge in [-0.2, -0.15) is 18.4 Å². The van der Waals surface area contributed by atoms with E-state index in [2.05, 4.69) is 6.07 Å². The summed E-state index contributed by atoms with van der Waals surface area (Å²) in [6.45, 7) is 0. The molecule has 0 fully saturated rings. The molecule has 0 unspecified atom stereocenters. The third kappa shape index (κ3) is 8.29. The van der Waals surface area contributed by atoms with Crippen LogP contribution in [0.1, 0.15) is 11.1 Å². The van der Waals surface area contributed by atoms with Gasteiger partial charge in [-0.15, -0.1) is 0 Å². The smallest absolute Gasteiger partial charge is 0.308 e. The largest absolute Gasteiger partial charge is 0.417 e. The van der Waals surface area contributed by atoms with Gasteiger partial charge in [0.05, 0.1) is 39.0 Å². The number of rotatable bonds is 9. The Kier molecular flexibility index (Phi) is 11.5. The van der Waals surface area contributed by atoms with Crippen LogP contribution < -0.4 is 0 Å². The number of para-hydroxylation sites is 2. The van der Waals surface area contributed by atoms with E-state index in [9.17, 15) is 5.26 Å². The lowest BCUT2D eigenvalue weighted by molar-refractivity contribution is -0.137. The number of alkyl halides is 3. The monoisotopic (exact) mass is 1040 g/mol. The van der Waals surface area contributed by atoms with Crippen LogP contribution in [0.2, 0.25) is 0 Å². The lowest BCUT2D eigenvalue weighted by atomic mass is 9.96. The van der Waals surface area contributed by atoms with E-state index in [1.165, 1.54) is 12.1 Å². The fourth-order valence-corrected chi connectivity index (χ4v) is 10.8. The van der Waals surface area contributed by atoms with E-state index in [1.54, 1.807) is 18.2 Å². The molecule has 0 N–H and O–H groups in total. The Morgan fingerprint density at radius 3 is 1.01 bits per heavy atom. The van der Waals surface area contributed by atoms with Crippen molar-refractivity contribution in [2.75, 3.05) is 0 Å². The molecular weight excluding hydrogens is 1000 g/mol. The highest BCUT2D eigenvalue weighted by molar-refractivity contribution is 6.12. The van der Waals surface area contributed by atoms with Gasteiger partial charge in [-0.1, -0.05) is 176 Å². The van der Waals surface area contributed by atoms with Crippen molar-refractivity contribution in [3.8, 4) is 96.9 Å². The summed E-state index contributed by atoms with van der Waals surface area (Å²) in [7, 11) is 0. The van der Waals surface area contributed by atoms with E-state index in [0.717, 1.165) is 72.0 Å². The Morgan fingerprint density at radius 2 is 0.637 bits per heavy atom.